The molecule has 0 aliphatic carbocycles. The summed E-state index contributed by atoms with van der Waals surface area (Å²) in [7, 11) is 0. The Morgan fingerprint density at radius 2 is 1.74 bits per heavy atom. The number of rotatable bonds is 5. The fourth-order valence-corrected chi connectivity index (χ4v) is 3.24. The van der Waals surface area contributed by atoms with Gasteiger partial charge in [0, 0.05) is 11.7 Å². The molecule has 4 nitrogen and oxygen atoms in total. The number of unbranched alkanes of at least 4 members (excludes halogenated alkanes) is 1. The van der Waals surface area contributed by atoms with Crippen LogP contribution in [0.3, 0.4) is 0 Å². The Kier molecular flexibility index (Phi) is 3.58. The standard InChI is InChI=1S/C19H20N4/c1-2-3-12-19(22-14-13-15-8-4-6-10-17(15)22)23-18-11-7-5-9-16(18)20-21-23/h4-11,13-14,19H,2-3,12H2,1H3. The highest BCUT2D eigenvalue weighted by molar-refractivity contribution is 5.80. The van der Waals surface area contributed by atoms with Crippen molar-refractivity contribution in [3.05, 3.63) is 60.8 Å². The lowest BCUT2D eigenvalue weighted by molar-refractivity contribution is 0.369. The van der Waals surface area contributed by atoms with Gasteiger partial charge in [-0.2, -0.15) is 0 Å². The Bertz CT molecular complexity index is 861. The minimum atomic E-state index is 0.155. The first-order chi connectivity index (χ1) is 11.4. The molecule has 0 radical (unpaired) electrons. The van der Waals surface area contributed by atoms with Crippen LogP contribution in [0.2, 0.25) is 0 Å². The number of aromatic nitrogens is 4. The van der Waals surface area contributed by atoms with Crippen molar-refractivity contribution in [2.75, 3.05) is 0 Å². The van der Waals surface area contributed by atoms with Crippen molar-refractivity contribution in [2.24, 2.45) is 0 Å². The molecule has 0 N–H and O–H groups in total. The molecule has 1 unspecified atom stereocenters. The minimum Gasteiger partial charge on any atom is -0.325 e. The van der Waals surface area contributed by atoms with Gasteiger partial charge in [0.2, 0.25) is 0 Å². The van der Waals surface area contributed by atoms with Crippen LogP contribution in [0.4, 0.5) is 0 Å². The number of hydrogen-bond acceptors (Lipinski definition) is 2. The molecule has 4 rings (SSSR count). The third-order valence-corrected chi connectivity index (χ3v) is 4.43. The summed E-state index contributed by atoms with van der Waals surface area (Å²) < 4.78 is 4.39. The van der Waals surface area contributed by atoms with Gasteiger partial charge in [0.15, 0.2) is 0 Å². The minimum absolute atomic E-state index is 0.155. The van der Waals surface area contributed by atoms with Crippen molar-refractivity contribution in [3.8, 4) is 0 Å². The van der Waals surface area contributed by atoms with E-state index < -0.39 is 0 Å². The predicted molar refractivity (Wildman–Crippen MR) is 93.4 cm³/mol. The van der Waals surface area contributed by atoms with Crippen LogP contribution in [-0.4, -0.2) is 19.6 Å². The molecule has 2 aromatic carbocycles. The van der Waals surface area contributed by atoms with Gasteiger partial charge in [0.05, 0.1) is 5.52 Å². The zero-order valence-electron chi connectivity index (χ0n) is 13.3. The number of benzene rings is 2. The molecule has 23 heavy (non-hydrogen) atoms. The second-order valence-electron chi connectivity index (χ2n) is 5.93. The van der Waals surface area contributed by atoms with E-state index in [2.05, 4.69) is 69.1 Å². The fourth-order valence-electron chi connectivity index (χ4n) is 3.24. The summed E-state index contributed by atoms with van der Waals surface area (Å²) in [6.07, 6.45) is 5.69. The van der Waals surface area contributed by atoms with E-state index in [4.69, 9.17) is 0 Å². The number of fused-ring (bicyclic) bond motifs is 2. The monoisotopic (exact) mass is 304 g/mol. The molecule has 0 bridgehead atoms. The lowest BCUT2D eigenvalue weighted by Gasteiger charge is -2.21. The molecule has 116 valence electrons. The molecule has 4 aromatic rings. The molecular weight excluding hydrogens is 284 g/mol. The van der Waals surface area contributed by atoms with Crippen LogP contribution >= 0.6 is 0 Å². The predicted octanol–water partition coefficient (Wildman–Crippen LogP) is 4.62. The first-order valence-electron chi connectivity index (χ1n) is 8.24. The SMILES string of the molecule is CCCCC(n1ccc2ccccc21)n1nnc2ccccc21. The van der Waals surface area contributed by atoms with Crippen LogP contribution in [0, 0.1) is 0 Å². The Labute approximate surface area is 135 Å². The van der Waals surface area contributed by atoms with Gasteiger partial charge in [-0.25, -0.2) is 4.68 Å². The van der Waals surface area contributed by atoms with Gasteiger partial charge in [-0.1, -0.05) is 48.9 Å². The van der Waals surface area contributed by atoms with Gasteiger partial charge in [-0.3, -0.25) is 0 Å². The maximum Gasteiger partial charge on any atom is 0.129 e. The van der Waals surface area contributed by atoms with Crippen molar-refractivity contribution in [3.63, 3.8) is 0 Å². The molecule has 0 saturated carbocycles. The maximum absolute atomic E-state index is 4.46. The van der Waals surface area contributed by atoms with Crippen molar-refractivity contribution in [1.82, 2.24) is 19.6 Å². The van der Waals surface area contributed by atoms with Gasteiger partial charge in [0.25, 0.3) is 0 Å². The first kappa shape index (κ1) is 14.0. The van der Waals surface area contributed by atoms with Crippen LogP contribution in [0.5, 0.6) is 0 Å². The summed E-state index contributed by atoms with van der Waals surface area (Å²) in [5, 5.41) is 10.1. The lowest BCUT2D eigenvalue weighted by atomic mass is 10.2. The molecule has 0 spiro atoms. The van der Waals surface area contributed by atoms with Crippen LogP contribution < -0.4 is 0 Å². The van der Waals surface area contributed by atoms with Crippen molar-refractivity contribution < 1.29 is 0 Å². The quantitative estimate of drug-likeness (QED) is 0.539. The summed E-state index contributed by atoms with van der Waals surface area (Å²) in [6.45, 7) is 2.23. The van der Waals surface area contributed by atoms with Crippen LogP contribution in [0.25, 0.3) is 21.9 Å². The van der Waals surface area contributed by atoms with Crippen LogP contribution in [0.15, 0.2) is 60.8 Å². The lowest BCUT2D eigenvalue weighted by Crippen LogP contribution is -2.19. The van der Waals surface area contributed by atoms with Crippen molar-refractivity contribution >= 4 is 21.9 Å². The van der Waals surface area contributed by atoms with Gasteiger partial charge in [0.1, 0.15) is 11.7 Å². The van der Waals surface area contributed by atoms with Crippen molar-refractivity contribution in [2.45, 2.75) is 32.4 Å². The van der Waals surface area contributed by atoms with E-state index in [9.17, 15) is 0 Å². The summed E-state index contributed by atoms with van der Waals surface area (Å²) in [5.41, 5.74) is 3.28. The van der Waals surface area contributed by atoms with Crippen LogP contribution in [0.1, 0.15) is 32.4 Å². The van der Waals surface area contributed by atoms with E-state index in [0.717, 1.165) is 23.9 Å². The number of nitrogens with zero attached hydrogens (tertiary/aromatic N) is 4. The van der Waals surface area contributed by atoms with E-state index in [-0.39, 0.29) is 6.17 Å². The van der Waals surface area contributed by atoms with Gasteiger partial charge in [-0.15, -0.1) is 5.10 Å². The topological polar surface area (TPSA) is 35.6 Å². The normalized spacial score (nSPS) is 12.9. The average molecular weight is 304 g/mol. The smallest absolute Gasteiger partial charge is 0.129 e. The zero-order chi connectivity index (χ0) is 15.6. The molecule has 2 heterocycles. The first-order valence-corrected chi connectivity index (χ1v) is 8.24. The largest absolute Gasteiger partial charge is 0.325 e. The zero-order valence-corrected chi connectivity index (χ0v) is 13.3. The maximum atomic E-state index is 4.46. The molecule has 0 aliphatic rings. The Morgan fingerprint density at radius 1 is 0.957 bits per heavy atom. The highest BCUT2D eigenvalue weighted by Crippen LogP contribution is 2.27. The molecular formula is C19H20N4. The molecule has 0 saturated heterocycles. The Hall–Kier alpha value is -2.62. The third-order valence-electron chi connectivity index (χ3n) is 4.43. The third kappa shape index (κ3) is 2.40. The summed E-state index contributed by atoms with van der Waals surface area (Å²) in [4.78, 5) is 0. The van der Waals surface area contributed by atoms with Gasteiger partial charge < -0.3 is 4.57 Å². The van der Waals surface area contributed by atoms with E-state index in [1.807, 2.05) is 18.2 Å². The second kappa shape index (κ2) is 5.88. The van der Waals surface area contributed by atoms with E-state index >= 15 is 0 Å². The van der Waals surface area contributed by atoms with E-state index in [1.54, 1.807) is 0 Å². The summed E-state index contributed by atoms with van der Waals surface area (Å²) in [6, 6.07) is 18.8. The van der Waals surface area contributed by atoms with Crippen molar-refractivity contribution in [1.29, 1.82) is 0 Å². The number of para-hydroxylation sites is 2. The number of hydrogen-bond donors (Lipinski definition) is 0. The molecule has 2 aromatic heterocycles. The fraction of sp³-hybridized carbons (Fsp3) is 0.263. The van der Waals surface area contributed by atoms with E-state index in [1.165, 1.54) is 17.3 Å². The van der Waals surface area contributed by atoms with Gasteiger partial charge >= 0.3 is 0 Å². The Balaban J connectivity index is 1.87. The highest BCUT2D eigenvalue weighted by atomic mass is 15.5. The van der Waals surface area contributed by atoms with Crippen LogP contribution in [-0.2, 0) is 0 Å². The highest BCUT2D eigenvalue weighted by Gasteiger charge is 2.18. The molecule has 1 atom stereocenters. The molecule has 0 aliphatic heterocycles. The second-order valence-corrected chi connectivity index (χ2v) is 5.93. The summed E-state index contributed by atoms with van der Waals surface area (Å²) in [5.74, 6) is 0. The average Bonchev–Trinajstić information content (AvgIpc) is 3.21. The van der Waals surface area contributed by atoms with Gasteiger partial charge in [-0.05, 0) is 42.5 Å². The molecule has 0 fully saturated rings. The molecule has 0 amide bonds. The summed E-state index contributed by atoms with van der Waals surface area (Å²) >= 11 is 0. The molecule has 4 heteroatoms. The Morgan fingerprint density at radius 3 is 2.61 bits per heavy atom. The van der Waals surface area contributed by atoms with E-state index in [0.29, 0.717) is 0 Å².